The normalized spacial score (nSPS) is 12.8. The van der Waals surface area contributed by atoms with E-state index in [0.29, 0.717) is 5.12 Å². The first-order valence-corrected chi connectivity index (χ1v) is 9.70. The van der Waals surface area contributed by atoms with Gasteiger partial charge >= 0.3 is 0 Å². The molecule has 0 spiro atoms. The number of carbonyl (C=O) groups is 1. The van der Waals surface area contributed by atoms with Crippen LogP contribution in [0, 0.1) is 11.8 Å². The van der Waals surface area contributed by atoms with Crippen LogP contribution >= 0.6 is 11.8 Å². The fourth-order valence-electron chi connectivity index (χ4n) is 2.34. The Labute approximate surface area is 131 Å². The van der Waals surface area contributed by atoms with Crippen LogP contribution in [0.15, 0.2) is 0 Å². The highest BCUT2D eigenvalue weighted by Gasteiger charge is 2.06. The molecule has 0 N–H and O–H groups in total. The molecule has 20 heavy (non-hydrogen) atoms. The summed E-state index contributed by atoms with van der Waals surface area (Å²) in [5.74, 6) is 2.63. The van der Waals surface area contributed by atoms with Crippen molar-refractivity contribution in [3.05, 3.63) is 0 Å². The van der Waals surface area contributed by atoms with Crippen molar-refractivity contribution in [3.8, 4) is 0 Å². The largest absolute Gasteiger partial charge is 0.287 e. The fraction of sp³-hybridized carbons (Fsp3) is 0.944. The maximum Gasteiger partial charge on any atom is 0.188 e. The maximum absolute atomic E-state index is 11.7. The first-order valence-electron chi connectivity index (χ1n) is 8.71. The molecular weight excluding hydrogens is 264 g/mol. The highest BCUT2D eigenvalue weighted by Crippen LogP contribution is 2.19. The summed E-state index contributed by atoms with van der Waals surface area (Å²) in [7, 11) is 0. The van der Waals surface area contributed by atoms with Crippen LogP contribution in [-0.2, 0) is 4.79 Å². The minimum Gasteiger partial charge on any atom is -0.287 e. The van der Waals surface area contributed by atoms with Crippen LogP contribution in [0.25, 0.3) is 0 Å². The lowest BCUT2D eigenvalue weighted by atomic mass is 9.98. The lowest BCUT2D eigenvalue weighted by molar-refractivity contribution is -0.111. The van der Waals surface area contributed by atoms with E-state index in [1.165, 1.54) is 51.4 Å². The monoisotopic (exact) mass is 300 g/mol. The minimum atomic E-state index is 0.413. The summed E-state index contributed by atoms with van der Waals surface area (Å²) in [5, 5.41) is 0.413. The van der Waals surface area contributed by atoms with Gasteiger partial charge in [0, 0.05) is 12.2 Å². The van der Waals surface area contributed by atoms with Gasteiger partial charge in [-0.2, -0.15) is 0 Å². The van der Waals surface area contributed by atoms with E-state index in [4.69, 9.17) is 0 Å². The number of hydrogen-bond donors (Lipinski definition) is 0. The fourth-order valence-corrected chi connectivity index (χ4v) is 3.37. The molecule has 0 rings (SSSR count). The molecule has 0 aliphatic heterocycles. The van der Waals surface area contributed by atoms with Crippen molar-refractivity contribution in [2.45, 2.75) is 91.9 Å². The SMILES string of the molecule is CCCCCCCC(=O)SCCC(C)CCCC(C)C. The minimum absolute atomic E-state index is 0.413. The molecule has 1 atom stereocenters. The lowest BCUT2D eigenvalue weighted by Crippen LogP contribution is -2.00. The molecular formula is C18H36OS. The summed E-state index contributed by atoms with van der Waals surface area (Å²) in [6, 6.07) is 0. The van der Waals surface area contributed by atoms with Crippen molar-refractivity contribution in [2.75, 3.05) is 5.75 Å². The average molecular weight is 301 g/mol. The van der Waals surface area contributed by atoms with Crippen molar-refractivity contribution in [3.63, 3.8) is 0 Å². The van der Waals surface area contributed by atoms with Gasteiger partial charge in [0.15, 0.2) is 5.12 Å². The Balaban J connectivity index is 3.37. The molecule has 0 heterocycles. The van der Waals surface area contributed by atoms with Gasteiger partial charge in [-0.15, -0.1) is 0 Å². The Morgan fingerprint density at radius 1 is 0.900 bits per heavy atom. The van der Waals surface area contributed by atoms with E-state index < -0.39 is 0 Å². The maximum atomic E-state index is 11.7. The van der Waals surface area contributed by atoms with Crippen LogP contribution in [0.1, 0.15) is 91.9 Å². The Morgan fingerprint density at radius 3 is 2.25 bits per heavy atom. The van der Waals surface area contributed by atoms with Gasteiger partial charge < -0.3 is 0 Å². The van der Waals surface area contributed by atoms with E-state index in [1.54, 1.807) is 11.8 Å². The predicted molar refractivity (Wildman–Crippen MR) is 93.3 cm³/mol. The highest BCUT2D eigenvalue weighted by molar-refractivity contribution is 8.13. The first kappa shape index (κ1) is 20.0. The van der Waals surface area contributed by atoms with Crippen LogP contribution in [0.4, 0.5) is 0 Å². The summed E-state index contributed by atoms with van der Waals surface area (Å²) >= 11 is 1.57. The molecule has 0 bridgehead atoms. The van der Waals surface area contributed by atoms with Crippen molar-refractivity contribution in [2.24, 2.45) is 11.8 Å². The summed E-state index contributed by atoms with van der Waals surface area (Å²) in [4.78, 5) is 11.7. The molecule has 0 aromatic carbocycles. The van der Waals surface area contributed by atoms with Gasteiger partial charge in [0.25, 0.3) is 0 Å². The van der Waals surface area contributed by atoms with Crippen LogP contribution in [0.2, 0.25) is 0 Å². The summed E-state index contributed by atoms with van der Waals surface area (Å²) in [6.45, 7) is 9.14. The molecule has 0 radical (unpaired) electrons. The van der Waals surface area contributed by atoms with E-state index in [-0.39, 0.29) is 0 Å². The number of rotatable bonds is 13. The molecule has 0 aromatic heterocycles. The Bertz CT molecular complexity index is 225. The van der Waals surface area contributed by atoms with Gasteiger partial charge in [0.05, 0.1) is 0 Å². The van der Waals surface area contributed by atoms with Gasteiger partial charge in [-0.05, 0) is 24.7 Å². The molecule has 0 aromatic rings. The topological polar surface area (TPSA) is 17.1 Å². The highest BCUT2D eigenvalue weighted by atomic mass is 32.2. The third-order valence-electron chi connectivity index (χ3n) is 3.84. The number of carbonyl (C=O) groups excluding carboxylic acids is 1. The standard InChI is InChI=1S/C18H36OS/c1-5-6-7-8-9-13-18(19)20-15-14-17(4)12-10-11-16(2)3/h16-17H,5-15H2,1-4H3. The zero-order chi connectivity index (χ0) is 15.2. The Kier molecular flexibility index (Phi) is 14.0. The van der Waals surface area contributed by atoms with Crippen LogP contribution in [0.5, 0.6) is 0 Å². The smallest absolute Gasteiger partial charge is 0.188 e. The van der Waals surface area contributed by atoms with Crippen LogP contribution in [-0.4, -0.2) is 10.9 Å². The van der Waals surface area contributed by atoms with Gasteiger partial charge in [-0.3, -0.25) is 4.79 Å². The third-order valence-corrected chi connectivity index (χ3v) is 4.80. The van der Waals surface area contributed by atoms with Crippen LogP contribution < -0.4 is 0 Å². The van der Waals surface area contributed by atoms with E-state index in [0.717, 1.165) is 30.4 Å². The van der Waals surface area contributed by atoms with E-state index in [2.05, 4.69) is 27.7 Å². The second kappa shape index (κ2) is 14.0. The van der Waals surface area contributed by atoms with E-state index >= 15 is 0 Å². The molecule has 1 nitrogen and oxygen atoms in total. The number of hydrogen-bond acceptors (Lipinski definition) is 2. The van der Waals surface area contributed by atoms with Gasteiger partial charge in [0.2, 0.25) is 0 Å². The second-order valence-corrected chi connectivity index (χ2v) is 7.76. The predicted octanol–water partition coefficient (Wildman–Crippen LogP) is 6.46. The zero-order valence-electron chi connectivity index (χ0n) is 14.2. The van der Waals surface area contributed by atoms with Gasteiger partial charge in [-0.25, -0.2) is 0 Å². The number of unbranched alkanes of at least 4 members (excludes halogenated alkanes) is 4. The molecule has 0 saturated carbocycles. The quantitative estimate of drug-likeness (QED) is 0.363. The summed E-state index contributed by atoms with van der Waals surface area (Å²) < 4.78 is 0. The average Bonchev–Trinajstić information content (AvgIpc) is 2.38. The lowest BCUT2D eigenvalue weighted by Gasteiger charge is -2.11. The molecule has 0 fully saturated rings. The molecule has 0 aliphatic carbocycles. The van der Waals surface area contributed by atoms with Crippen LogP contribution in [0.3, 0.4) is 0 Å². The zero-order valence-corrected chi connectivity index (χ0v) is 15.1. The Hall–Kier alpha value is 0.0200. The van der Waals surface area contributed by atoms with Crippen molar-refractivity contribution >= 4 is 16.9 Å². The molecule has 0 aliphatic rings. The molecule has 1 unspecified atom stereocenters. The van der Waals surface area contributed by atoms with Crippen molar-refractivity contribution in [1.29, 1.82) is 0 Å². The summed E-state index contributed by atoms with van der Waals surface area (Å²) in [6.07, 6.45) is 12.2. The van der Waals surface area contributed by atoms with Gasteiger partial charge in [-0.1, -0.05) is 84.4 Å². The van der Waals surface area contributed by atoms with E-state index in [1.807, 2.05) is 0 Å². The third kappa shape index (κ3) is 14.4. The van der Waals surface area contributed by atoms with Crippen molar-refractivity contribution in [1.82, 2.24) is 0 Å². The summed E-state index contributed by atoms with van der Waals surface area (Å²) in [5.41, 5.74) is 0. The molecule has 120 valence electrons. The van der Waals surface area contributed by atoms with Gasteiger partial charge in [0.1, 0.15) is 0 Å². The second-order valence-electron chi connectivity index (χ2n) is 6.60. The van der Waals surface area contributed by atoms with E-state index in [9.17, 15) is 4.79 Å². The first-order chi connectivity index (χ1) is 9.56. The Morgan fingerprint density at radius 2 is 1.60 bits per heavy atom. The molecule has 0 amide bonds. The molecule has 0 saturated heterocycles. The van der Waals surface area contributed by atoms with Crippen molar-refractivity contribution < 1.29 is 4.79 Å². The number of thioether (sulfide) groups is 1. The molecule has 2 heteroatoms.